The lowest BCUT2D eigenvalue weighted by atomic mass is 10.0. The fourth-order valence-corrected chi connectivity index (χ4v) is 2.89. The molecule has 9 heteroatoms. The molecule has 0 saturated carbocycles. The highest BCUT2D eigenvalue weighted by molar-refractivity contribution is 5.87. The Morgan fingerprint density at radius 2 is 1.73 bits per heavy atom. The van der Waals surface area contributed by atoms with Gasteiger partial charge in [0, 0.05) is 30.1 Å². The Morgan fingerprint density at radius 1 is 1.00 bits per heavy atom. The van der Waals surface area contributed by atoms with Gasteiger partial charge in [-0.25, -0.2) is 9.48 Å². The second-order valence-electron chi connectivity index (χ2n) is 6.30. The topological polar surface area (TPSA) is 113 Å². The fraction of sp³-hybridized carbons (Fsp3) is 0.0476. The Labute approximate surface area is 170 Å². The van der Waals surface area contributed by atoms with Crippen LogP contribution in [0.3, 0.4) is 0 Å². The number of carbonyl (C=O) groups excluding carboxylic acids is 1. The maximum Gasteiger partial charge on any atom is 0.361 e. The van der Waals surface area contributed by atoms with Gasteiger partial charge in [-0.3, -0.25) is 15.1 Å². The number of rotatable bonds is 6. The second kappa shape index (κ2) is 8.31. The molecule has 0 amide bonds. The molecule has 1 atom stereocenters. The van der Waals surface area contributed by atoms with E-state index in [1.165, 1.54) is 29.1 Å². The first-order chi connectivity index (χ1) is 14.6. The molecule has 0 aliphatic heterocycles. The predicted octanol–water partition coefficient (Wildman–Crippen LogP) is 3.52. The molecule has 0 fully saturated rings. The van der Waals surface area contributed by atoms with Gasteiger partial charge in [0.2, 0.25) is 0 Å². The van der Waals surface area contributed by atoms with Crippen molar-refractivity contribution in [3.8, 4) is 5.69 Å². The van der Waals surface area contributed by atoms with Crippen LogP contribution in [0.1, 0.15) is 27.7 Å². The molecular formula is C21H15N5O4. The quantitative estimate of drug-likeness (QED) is 0.276. The maximum absolute atomic E-state index is 12.8. The monoisotopic (exact) mass is 401 g/mol. The Kier molecular flexibility index (Phi) is 5.25. The Bertz CT molecular complexity index is 1140. The number of ether oxygens (including phenoxy) is 1. The Hall–Kier alpha value is -4.40. The number of nitrogens with zero attached hydrogens (tertiary/aromatic N) is 5. The van der Waals surface area contributed by atoms with E-state index in [0.717, 1.165) is 11.1 Å². The van der Waals surface area contributed by atoms with E-state index in [0.29, 0.717) is 5.69 Å². The number of nitro groups is 1. The minimum absolute atomic E-state index is 0.0171. The zero-order valence-electron chi connectivity index (χ0n) is 15.5. The second-order valence-corrected chi connectivity index (χ2v) is 6.30. The molecule has 148 valence electrons. The van der Waals surface area contributed by atoms with E-state index in [-0.39, 0.29) is 11.4 Å². The van der Waals surface area contributed by atoms with Crippen molar-refractivity contribution in [1.82, 2.24) is 20.0 Å². The largest absolute Gasteiger partial charge is 0.448 e. The zero-order chi connectivity index (χ0) is 20.9. The highest BCUT2D eigenvalue weighted by Crippen LogP contribution is 2.26. The summed E-state index contributed by atoms with van der Waals surface area (Å²) in [5, 5.41) is 18.7. The van der Waals surface area contributed by atoms with E-state index >= 15 is 0 Å². The lowest BCUT2D eigenvalue weighted by Crippen LogP contribution is -2.13. The van der Waals surface area contributed by atoms with Crippen LogP contribution in [0.4, 0.5) is 5.69 Å². The number of carbonyl (C=O) groups is 1. The molecule has 2 aromatic heterocycles. The third-order valence-electron chi connectivity index (χ3n) is 4.34. The van der Waals surface area contributed by atoms with Gasteiger partial charge in [0.1, 0.15) is 0 Å². The number of pyridine rings is 1. The van der Waals surface area contributed by atoms with E-state index in [1.807, 2.05) is 30.3 Å². The molecule has 0 spiro atoms. The molecule has 2 heterocycles. The zero-order valence-corrected chi connectivity index (χ0v) is 15.5. The van der Waals surface area contributed by atoms with Gasteiger partial charge in [0.05, 0.1) is 16.8 Å². The summed E-state index contributed by atoms with van der Waals surface area (Å²) < 4.78 is 7.01. The number of nitro benzene ring substituents is 1. The molecule has 4 aromatic rings. The number of aromatic nitrogens is 4. The van der Waals surface area contributed by atoms with Crippen molar-refractivity contribution in [2.24, 2.45) is 0 Å². The first-order valence-corrected chi connectivity index (χ1v) is 8.95. The number of hydrogen-bond donors (Lipinski definition) is 0. The average molecular weight is 401 g/mol. The van der Waals surface area contributed by atoms with Crippen LogP contribution < -0.4 is 0 Å². The number of esters is 1. The molecule has 9 nitrogen and oxygen atoms in total. The summed E-state index contributed by atoms with van der Waals surface area (Å²) in [6.45, 7) is 0. The first kappa shape index (κ1) is 18.9. The smallest absolute Gasteiger partial charge is 0.361 e. The number of hydrogen-bond acceptors (Lipinski definition) is 7. The SMILES string of the molecule is O=C(OC(c1ccccc1)c1ccncc1)c1cn(-c2cccc([N+](=O)[O-])c2)nn1. The van der Waals surface area contributed by atoms with Crippen LogP contribution in [0.2, 0.25) is 0 Å². The average Bonchev–Trinajstić information content (AvgIpc) is 3.29. The molecule has 2 aromatic carbocycles. The normalized spacial score (nSPS) is 11.6. The van der Waals surface area contributed by atoms with E-state index in [1.54, 1.807) is 30.6 Å². The summed E-state index contributed by atoms with van der Waals surface area (Å²) >= 11 is 0. The van der Waals surface area contributed by atoms with Gasteiger partial charge in [0.15, 0.2) is 11.8 Å². The molecule has 0 aliphatic rings. The summed E-state index contributed by atoms with van der Waals surface area (Å²) in [6.07, 6.45) is 3.97. The standard InChI is InChI=1S/C21H15N5O4/c27-21(19-14-25(24-23-19)17-7-4-8-18(13-17)26(28)29)30-20(15-5-2-1-3-6-15)16-9-11-22-12-10-16/h1-14,20H. The summed E-state index contributed by atoms with van der Waals surface area (Å²) in [7, 11) is 0. The molecule has 0 saturated heterocycles. The Balaban J connectivity index is 1.60. The molecule has 1 unspecified atom stereocenters. The van der Waals surface area contributed by atoms with Crippen LogP contribution in [0.5, 0.6) is 0 Å². The first-order valence-electron chi connectivity index (χ1n) is 8.95. The van der Waals surface area contributed by atoms with Gasteiger partial charge >= 0.3 is 5.97 Å². The number of non-ortho nitro benzene ring substituents is 1. The summed E-state index contributed by atoms with van der Waals surface area (Å²) in [5.41, 5.74) is 1.86. The summed E-state index contributed by atoms with van der Waals surface area (Å²) in [5.74, 6) is -0.669. The van der Waals surface area contributed by atoms with Gasteiger partial charge in [-0.2, -0.15) is 0 Å². The molecule has 0 bridgehead atoms. The van der Waals surface area contributed by atoms with Crippen LogP contribution >= 0.6 is 0 Å². The van der Waals surface area contributed by atoms with Gasteiger partial charge < -0.3 is 4.74 Å². The minimum atomic E-state index is -0.669. The highest BCUT2D eigenvalue weighted by atomic mass is 16.6. The van der Waals surface area contributed by atoms with E-state index < -0.39 is 17.0 Å². The van der Waals surface area contributed by atoms with Crippen LogP contribution in [0.15, 0.2) is 85.3 Å². The Morgan fingerprint density at radius 3 is 2.47 bits per heavy atom. The summed E-state index contributed by atoms with van der Waals surface area (Å²) in [4.78, 5) is 27.2. The molecule has 30 heavy (non-hydrogen) atoms. The van der Waals surface area contributed by atoms with Crippen molar-refractivity contribution in [2.75, 3.05) is 0 Å². The van der Waals surface area contributed by atoms with Crippen LogP contribution in [-0.4, -0.2) is 30.9 Å². The van der Waals surface area contributed by atoms with Gasteiger partial charge in [-0.1, -0.05) is 41.6 Å². The third-order valence-corrected chi connectivity index (χ3v) is 4.34. The van der Waals surface area contributed by atoms with Gasteiger partial charge in [0.25, 0.3) is 5.69 Å². The van der Waals surface area contributed by atoms with Crippen LogP contribution in [0, 0.1) is 10.1 Å². The molecule has 4 rings (SSSR count). The third kappa shape index (κ3) is 4.04. The molecular weight excluding hydrogens is 386 g/mol. The maximum atomic E-state index is 12.8. The van der Waals surface area contributed by atoms with Crippen molar-refractivity contribution in [3.05, 3.63) is 112 Å². The van der Waals surface area contributed by atoms with Crippen molar-refractivity contribution < 1.29 is 14.5 Å². The lowest BCUT2D eigenvalue weighted by Gasteiger charge is -2.18. The van der Waals surface area contributed by atoms with Crippen molar-refractivity contribution in [2.45, 2.75) is 6.10 Å². The van der Waals surface area contributed by atoms with E-state index in [4.69, 9.17) is 4.74 Å². The van der Waals surface area contributed by atoms with Crippen LogP contribution in [-0.2, 0) is 4.74 Å². The van der Waals surface area contributed by atoms with Gasteiger partial charge in [-0.05, 0) is 23.8 Å². The van der Waals surface area contributed by atoms with E-state index in [9.17, 15) is 14.9 Å². The van der Waals surface area contributed by atoms with Crippen molar-refractivity contribution in [3.63, 3.8) is 0 Å². The lowest BCUT2D eigenvalue weighted by molar-refractivity contribution is -0.384. The minimum Gasteiger partial charge on any atom is -0.448 e. The molecule has 0 radical (unpaired) electrons. The molecule has 0 N–H and O–H groups in total. The predicted molar refractivity (Wildman–Crippen MR) is 106 cm³/mol. The van der Waals surface area contributed by atoms with Crippen LogP contribution in [0.25, 0.3) is 5.69 Å². The van der Waals surface area contributed by atoms with Crippen molar-refractivity contribution >= 4 is 11.7 Å². The number of benzene rings is 2. The summed E-state index contributed by atoms with van der Waals surface area (Å²) in [6, 6.07) is 18.7. The fourth-order valence-electron chi connectivity index (χ4n) is 2.89. The van der Waals surface area contributed by atoms with Gasteiger partial charge in [-0.15, -0.1) is 5.10 Å². The van der Waals surface area contributed by atoms with Crippen molar-refractivity contribution in [1.29, 1.82) is 0 Å². The molecule has 0 aliphatic carbocycles. The highest BCUT2D eigenvalue weighted by Gasteiger charge is 2.22. The van der Waals surface area contributed by atoms with E-state index in [2.05, 4.69) is 15.3 Å².